The van der Waals surface area contributed by atoms with Crippen LogP contribution in [0.1, 0.15) is 18.4 Å². The van der Waals surface area contributed by atoms with E-state index in [2.05, 4.69) is 59.5 Å². The molecular weight excluding hydrogens is 286 g/mol. The van der Waals surface area contributed by atoms with Gasteiger partial charge in [0.1, 0.15) is 6.04 Å². The lowest BCUT2D eigenvalue weighted by molar-refractivity contribution is -0.142. The lowest BCUT2D eigenvalue weighted by Gasteiger charge is -2.22. The second-order valence-electron chi connectivity index (χ2n) is 6.27. The first-order chi connectivity index (χ1) is 11.2. The van der Waals surface area contributed by atoms with Gasteiger partial charge in [-0.1, -0.05) is 48.5 Å². The Kier molecular flexibility index (Phi) is 3.50. The summed E-state index contributed by atoms with van der Waals surface area (Å²) in [5, 5.41) is 14.3. The standard InChI is InChI=1S/C20H19NO2/c22-20(23)19-10-5-11-21(19)13-15-12-14-6-1-2-7-16(14)18-9-4-3-8-17(15)18/h1-4,6-9,12,19H,5,10-11,13H2,(H,22,23)/t19-/m0/s1. The van der Waals surface area contributed by atoms with Gasteiger partial charge in [-0.15, -0.1) is 0 Å². The van der Waals surface area contributed by atoms with Gasteiger partial charge in [0.15, 0.2) is 0 Å². The molecule has 0 aliphatic carbocycles. The summed E-state index contributed by atoms with van der Waals surface area (Å²) in [5.41, 5.74) is 1.22. The Balaban J connectivity index is 1.84. The molecule has 3 nitrogen and oxygen atoms in total. The average molecular weight is 305 g/mol. The van der Waals surface area contributed by atoms with Crippen molar-refractivity contribution in [3.63, 3.8) is 0 Å². The topological polar surface area (TPSA) is 40.5 Å². The van der Waals surface area contributed by atoms with Crippen molar-refractivity contribution in [2.24, 2.45) is 0 Å². The zero-order chi connectivity index (χ0) is 15.8. The van der Waals surface area contributed by atoms with E-state index in [0.717, 1.165) is 19.4 Å². The molecule has 0 unspecified atom stereocenters. The number of benzene rings is 3. The number of hydrogen-bond donors (Lipinski definition) is 1. The smallest absolute Gasteiger partial charge is 0.320 e. The summed E-state index contributed by atoms with van der Waals surface area (Å²) in [6, 6.07) is 18.7. The molecule has 116 valence electrons. The van der Waals surface area contributed by atoms with Crippen molar-refractivity contribution < 1.29 is 9.90 Å². The summed E-state index contributed by atoms with van der Waals surface area (Å²) in [6.07, 6.45) is 1.71. The van der Waals surface area contributed by atoms with Crippen molar-refractivity contribution in [3.05, 3.63) is 60.2 Å². The molecule has 3 aromatic rings. The van der Waals surface area contributed by atoms with E-state index in [1.54, 1.807) is 0 Å². The third kappa shape index (κ3) is 2.47. The van der Waals surface area contributed by atoms with Gasteiger partial charge in [-0.2, -0.15) is 0 Å². The van der Waals surface area contributed by atoms with E-state index in [9.17, 15) is 9.90 Å². The minimum Gasteiger partial charge on any atom is -0.480 e. The van der Waals surface area contributed by atoms with Gasteiger partial charge >= 0.3 is 5.97 Å². The predicted molar refractivity (Wildman–Crippen MR) is 92.5 cm³/mol. The number of aliphatic carboxylic acids is 1. The van der Waals surface area contributed by atoms with E-state index in [4.69, 9.17) is 0 Å². The number of likely N-dealkylation sites (tertiary alicyclic amines) is 1. The highest BCUT2D eigenvalue weighted by Crippen LogP contribution is 2.31. The maximum Gasteiger partial charge on any atom is 0.320 e. The number of nitrogens with zero attached hydrogens (tertiary/aromatic N) is 1. The highest BCUT2D eigenvalue weighted by atomic mass is 16.4. The van der Waals surface area contributed by atoms with Crippen LogP contribution in [0.2, 0.25) is 0 Å². The van der Waals surface area contributed by atoms with E-state index in [0.29, 0.717) is 6.54 Å². The fourth-order valence-corrected chi connectivity index (χ4v) is 3.78. The fraction of sp³-hybridized carbons (Fsp3) is 0.250. The lowest BCUT2D eigenvalue weighted by Crippen LogP contribution is -2.35. The molecule has 4 rings (SSSR count). The van der Waals surface area contributed by atoms with Crippen molar-refractivity contribution >= 4 is 27.5 Å². The first-order valence-electron chi connectivity index (χ1n) is 8.10. The van der Waals surface area contributed by atoms with Crippen molar-refractivity contribution in [1.82, 2.24) is 4.90 Å². The quantitative estimate of drug-likeness (QED) is 0.742. The van der Waals surface area contributed by atoms with E-state index in [-0.39, 0.29) is 6.04 Å². The average Bonchev–Trinajstić information content (AvgIpc) is 3.03. The van der Waals surface area contributed by atoms with Gasteiger partial charge in [0.2, 0.25) is 0 Å². The molecule has 0 bridgehead atoms. The van der Waals surface area contributed by atoms with Crippen LogP contribution in [0.3, 0.4) is 0 Å². The highest BCUT2D eigenvalue weighted by Gasteiger charge is 2.30. The molecule has 1 heterocycles. The molecule has 1 aliphatic rings. The Morgan fingerprint density at radius 2 is 1.74 bits per heavy atom. The van der Waals surface area contributed by atoms with Crippen LogP contribution in [0.4, 0.5) is 0 Å². The van der Waals surface area contributed by atoms with Gasteiger partial charge in [-0.05, 0) is 52.6 Å². The molecule has 3 aromatic carbocycles. The molecular formula is C20H19NO2. The third-order valence-corrected chi connectivity index (χ3v) is 4.88. The minimum absolute atomic E-state index is 0.347. The third-order valence-electron chi connectivity index (χ3n) is 4.88. The van der Waals surface area contributed by atoms with E-state index in [1.807, 2.05) is 0 Å². The predicted octanol–water partition coefficient (Wildman–Crippen LogP) is 4.04. The molecule has 23 heavy (non-hydrogen) atoms. The molecule has 1 N–H and O–H groups in total. The Morgan fingerprint density at radius 3 is 2.52 bits per heavy atom. The largest absolute Gasteiger partial charge is 0.480 e. The number of carboxylic acids is 1. The fourth-order valence-electron chi connectivity index (χ4n) is 3.78. The number of fused-ring (bicyclic) bond motifs is 3. The van der Waals surface area contributed by atoms with Crippen molar-refractivity contribution in [1.29, 1.82) is 0 Å². The summed E-state index contributed by atoms with van der Waals surface area (Å²) < 4.78 is 0. The molecule has 1 fully saturated rings. The van der Waals surface area contributed by atoms with E-state index in [1.165, 1.54) is 27.1 Å². The molecule has 1 saturated heterocycles. The number of carboxylic acid groups (broad SMARTS) is 1. The Labute approximate surface area is 135 Å². The zero-order valence-electron chi connectivity index (χ0n) is 12.9. The molecule has 0 spiro atoms. The van der Waals surface area contributed by atoms with E-state index >= 15 is 0 Å². The van der Waals surface area contributed by atoms with Crippen LogP contribution < -0.4 is 0 Å². The minimum atomic E-state index is -0.701. The monoisotopic (exact) mass is 305 g/mol. The van der Waals surface area contributed by atoms with Gasteiger partial charge in [-0.3, -0.25) is 9.69 Å². The molecule has 1 aliphatic heterocycles. The van der Waals surface area contributed by atoms with Crippen LogP contribution in [0.25, 0.3) is 21.5 Å². The van der Waals surface area contributed by atoms with Crippen LogP contribution in [-0.2, 0) is 11.3 Å². The maximum absolute atomic E-state index is 11.4. The second kappa shape index (κ2) is 5.67. The van der Waals surface area contributed by atoms with Crippen LogP contribution in [0.15, 0.2) is 54.6 Å². The number of rotatable bonds is 3. The molecule has 3 heteroatoms. The van der Waals surface area contributed by atoms with Crippen LogP contribution >= 0.6 is 0 Å². The SMILES string of the molecule is O=C(O)[C@@H]1CCCN1Cc1cc2ccccc2c2ccccc12. The summed E-state index contributed by atoms with van der Waals surface area (Å²) in [4.78, 5) is 13.5. The van der Waals surface area contributed by atoms with Gasteiger partial charge in [-0.25, -0.2) is 0 Å². The maximum atomic E-state index is 11.4. The summed E-state index contributed by atoms with van der Waals surface area (Å²) in [7, 11) is 0. The van der Waals surface area contributed by atoms with Crippen molar-refractivity contribution in [2.75, 3.05) is 6.54 Å². The van der Waals surface area contributed by atoms with E-state index < -0.39 is 5.97 Å². The van der Waals surface area contributed by atoms with Crippen LogP contribution in [0.5, 0.6) is 0 Å². The highest BCUT2D eigenvalue weighted by molar-refractivity contribution is 6.08. The first kappa shape index (κ1) is 14.2. The lowest BCUT2D eigenvalue weighted by atomic mass is 9.97. The van der Waals surface area contributed by atoms with Crippen molar-refractivity contribution in [2.45, 2.75) is 25.4 Å². The molecule has 0 amide bonds. The Hall–Kier alpha value is -2.39. The molecule has 0 saturated carbocycles. The summed E-state index contributed by atoms with van der Waals surface area (Å²) in [5.74, 6) is -0.701. The van der Waals surface area contributed by atoms with Crippen LogP contribution in [-0.4, -0.2) is 28.6 Å². The van der Waals surface area contributed by atoms with Gasteiger partial charge in [0.05, 0.1) is 0 Å². The summed E-state index contributed by atoms with van der Waals surface area (Å²) in [6.45, 7) is 1.56. The first-order valence-corrected chi connectivity index (χ1v) is 8.10. The Morgan fingerprint density at radius 1 is 1.04 bits per heavy atom. The number of hydrogen-bond acceptors (Lipinski definition) is 2. The van der Waals surface area contributed by atoms with Gasteiger partial charge in [0.25, 0.3) is 0 Å². The molecule has 0 radical (unpaired) electrons. The number of carbonyl (C=O) groups is 1. The second-order valence-corrected chi connectivity index (χ2v) is 6.27. The molecule has 0 aromatic heterocycles. The summed E-state index contributed by atoms with van der Waals surface area (Å²) >= 11 is 0. The zero-order valence-corrected chi connectivity index (χ0v) is 12.9. The Bertz CT molecular complexity index is 887. The van der Waals surface area contributed by atoms with Crippen LogP contribution in [0, 0.1) is 0 Å². The van der Waals surface area contributed by atoms with Gasteiger partial charge < -0.3 is 5.11 Å². The van der Waals surface area contributed by atoms with Crippen molar-refractivity contribution in [3.8, 4) is 0 Å². The van der Waals surface area contributed by atoms with Gasteiger partial charge in [0, 0.05) is 6.54 Å². The normalized spacial score (nSPS) is 18.7. The molecule has 1 atom stereocenters.